The van der Waals surface area contributed by atoms with Gasteiger partial charge in [-0.3, -0.25) is 4.90 Å². The Morgan fingerprint density at radius 2 is 1.48 bits per heavy atom. The molecule has 2 aromatic carbocycles. The number of benzene rings is 2. The lowest BCUT2D eigenvalue weighted by atomic mass is 9.91. The predicted molar refractivity (Wildman–Crippen MR) is 93.6 cm³/mol. The summed E-state index contributed by atoms with van der Waals surface area (Å²) in [7, 11) is 0. The van der Waals surface area contributed by atoms with Gasteiger partial charge in [0, 0.05) is 25.6 Å². The molecule has 1 N–H and O–H groups in total. The quantitative estimate of drug-likeness (QED) is 0.654. The Labute approximate surface area is 138 Å². The van der Waals surface area contributed by atoms with E-state index in [0.29, 0.717) is 6.04 Å². The van der Waals surface area contributed by atoms with Gasteiger partial charge in [-0.15, -0.1) is 0 Å². The second-order valence-electron chi connectivity index (χ2n) is 6.29. The van der Waals surface area contributed by atoms with Crippen LogP contribution in [0.3, 0.4) is 0 Å². The molecule has 0 bridgehead atoms. The van der Waals surface area contributed by atoms with Crippen LogP contribution in [0.25, 0.3) is 0 Å². The number of nitrogens with zero attached hydrogens (tertiary/aromatic N) is 2. The van der Waals surface area contributed by atoms with E-state index < -0.39 is 0 Å². The molecule has 3 nitrogen and oxygen atoms in total. The predicted octanol–water partition coefficient (Wildman–Crippen LogP) is 4.46. The van der Waals surface area contributed by atoms with E-state index in [1.807, 2.05) is 0 Å². The minimum atomic E-state index is 0.440. The molecule has 1 saturated carbocycles. The van der Waals surface area contributed by atoms with Gasteiger partial charge in [0.25, 0.3) is 0 Å². The summed E-state index contributed by atoms with van der Waals surface area (Å²) in [5.74, 6) is 0. The second-order valence-corrected chi connectivity index (χ2v) is 6.29. The second kappa shape index (κ2) is 7.93. The van der Waals surface area contributed by atoms with Crippen molar-refractivity contribution in [1.82, 2.24) is 4.90 Å². The van der Waals surface area contributed by atoms with E-state index in [9.17, 15) is 0 Å². The van der Waals surface area contributed by atoms with Crippen LogP contribution in [0.2, 0.25) is 0 Å². The summed E-state index contributed by atoms with van der Waals surface area (Å²) >= 11 is 0. The first-order valence-electron chi connectivity index (χ1n) is 8.37. The van der Waals surface area contributed by atoms with Crippen molar-refractivity contribution in [2.24, 2.45) is 5.16 Å². The summed E-state index contributed by atoms with van der Waals surface area (Å²) in [6, 6.07) is 21.7. The fraction of sp³-hybridized carbons (Fsp3) is 0.350. The minimum Gasteiger partial charge on any atom is -0.411 e. The molecule has 0 saturated heterocycles. The van der Waals surface area contributed by atoms with Gasteiger partial charge in [-0.25, -0.2) is 0 Å². The lowest BCUT2D eigenvalue weighted by molar-refractivity contribution is 0.163. The van der Waals surface area contributed by atoms with E-state index in [2.05, 4.69) is 70.7 Å². The highest BCUT2D eigenvalue weighted by atomic mass is 16.4. The highest BCUT2D eigenvalue weighted by molar-refractivity contribution is 5.85. The van der Waals surface area contributed by atoms with Crippen LogP contribution in [0.4, 0.5) is 0 Å². The highest BCUT2D eigenvalue weighted by Gasteiger charge is 2.24. The topological polar surface area (TPSA) is 35.8 Å². The Morgan fingerprint density at radius 1 is 0.913 bits per heavy atom. The van der Waals surface area contributed by atoms with Gasteiger partial charge in [0.05, 0.1) is 5.71 Å². The third-order valence-corrected chi connectivity index (χ3v) is 4.59. The average molecular weight is 308 g/mol. The van der Waals surface area contributed by atoms with Crippen molar-refractivity contribution in [2.45, 2.75) is 44.8 Å². The van der Waals surface area contributed by atoms with E-state index in [0.717, 1.165) is 38.1 Å². The first-order chi connectivity index (χ1) is 11.3. The van der Waals surface area contributed by atoms with Gasteiger partial charge in [0.15, 0.2) is 0 Å². The third-order valence-electron chi connectivity index (χ3n) is 4.59. The van der Waals surface area contributed by atoms with Crippen LogP contribution in [0.1, 0.15) is 36.8 Å². The van der Waals surface area contributed by atoms with Gasteiger partial charge in [-0.1, -0.05) is 65.8 Å². The Kier molecular flexibility index (Phi) is 5.43. The summed E-state index contributed by atoms with van der Waals surface area (Å²) in [6.07, 6.45) is 4.07. The zero-order chi connectivity index (χ0) is 15.9. The molecule has 0 spiro atoms. The zero-order valence-electron chi connectivity index (χ0n) is 13.4. The number of hydrogen-bond donors (Lipinski definition) is 1. The summed E-state index contributed by atoms with van der Waals surface area (Å²) in [5, 5.41) is 12.6. The Balaban J connectivity index is 1.77. The van der Waals surface area contributed by atoms with Gasteiger partial charge in [-0.05, 0) is 30.4 Å². The first-order valence-corrected chi connectivity index (χ1v) is 8.37. The molecule has 1 unspecified atom stereocenters. The van der Waals surface area contributed by atoms with Crippen LogP contribution in [0, 0.1) is 0 Å². The highest BCUT2D eigenvalue weighted by Crippen LogP contribution is 2.24. The largest absolute Gasteiger partial charge is 0.411 e. The van der Waals surface area contributed by atoms with Crippen molar-refractivity contribution in [1.29, 1.82) is 0 Å². The molecular formula is C20H24N2O. The number of rotatable bonds is 5. The SMILES string of the molecule is O/N=C1\CCCC(N(Cc2ccccc2)Cc2ccccc2)C1. The molecule has 120 valence electrons. The maximum atomic E-state index is 9.14. The van der Waals surface area contributed by atoms with Gasteiger partial charge >= 0.3 is 0 Å². The summed E-state index contributed by atoms with van der Waals surface area (Å²) < 4.78 is 0. The minimum absolute atomic E-state index is 0.440. The Morgan fingerprint density at radius 3 is 2.00 bits per heavy atom. The first kappa shape index (κ1) is 15.8. The molecule has 0 radical (unpaired) electrons. The average Bonchev–Trinajstić information content (AvgIpc) is 2.63. The summed E-state index contributed by atoms with van der Waals surface area (Å²) in [4.78, 5) is 2.52. The maximum Gasteiger partial charge on any atom is 0.0586 e. The maximum absolute atomic E-state index is 9.14. The van der Waals surface area contributed by atoms with E-state index in [1.54, 1.807) is 0 Å². The standard InChI is InChI=1S/C20H24N2O/c23-21-19-12-7-13-20(14-19)22(15-17-8-3-1-4-9-17)16-18-10-5-2-6-11-18/h1-6,8-11,20,23H,7,12-16H2/b21-19+. The van der Waals surface area contributed by atoms with Crippen molar-refractivity contribution in [3.05, 3.63) is 71.8 Å². The molecule has 0 amide bonds. The van der Waals surface area contributed by atoms with Crippen molar-refractivity contribution >= 4 is 5.71 Å². The summed E-state index contributed by atoms with van der Waals surface area (Å²) in [5.41, 5.74) is 3.60. The molecular weight excluding hydrogens is 284 g/mol. The van der Waals surface area contributed by atoms with Crippen LogP contribution in [-0.2, 0) is 13.1 Å². The summed E-state index contributed by atoms with van der Waals surface area (Å²) in [6.45, 7) is 1.86. The zero-order valence-corrected chi connectivity index (χ0v) is 13.4. The van der Waals surface area contributed by atoms with Crippen LogP contribution in [0.5, 0.6) is 0 Å². The molecule has 3 heteroatoms. The van der Waals surface area contributed by atoms with Crippen molar-refractivity contribution in [3.63, 3.8) is 0 Å². The third kappa shape index (κ3) is 4.42. The fourth-order valence-corrected chi connectivity index (χ4v) is 3.37. The fourth-order valence-electron chi connectivity index (χ4n) is 3.37. The van der Waals surface area contributed by atoms with E-state index in [1.165, 1.54) is 17.5 Å². The molecule has 1 atom stereocenters. The monoisotopic (exact) mass is 308 g/mol. The Bertz CT molecular complexity index is 583. The van der Waals surface area contributed by atoms with Crippen LogP contribution < -0.4 is 0 Å². The normalized spacial score (nSPS) is 20.0. The number of oxime groups is 1. The van der Waals surface area contributed by atoms with Gasteiger partial charge in [0.1, 0.15) is 0 Å². The van der Waals surface area contributed by atoms with E-state index in [4.69, 9.17) is 5.21 Å². The number of hydrogen-bond acceptors (Lipinski definition) is 3. The molecule has 0 aliphatic heterocycles. The van der Waals surface area contributed by atoms with Crippen LogP contribution in [-0.4, -0.2) is 21.9 Å². The molecule has 23 heavy (non-hydrogen) atoms. The molecule has 0 aromatic heterocycles. The van der Waals surface area contributed by atoms with Crippen LogP contribution >= 0.6 is 0 Å². The molecule has 1 aliphatic rings. The van der Waals surface area contributed by atoms with E-state index in [-0.39, 0.29) is 0 Å². The molecule has 1 aliphatic carbocycles. The molecule has 3 rings (SSSR count). The van der Waals surface area contributed by atoms with Crippen LogP contribution in [0.15, 0.2) is 65.8 Å². The van der Waals surface area contributed by atoms with Crippen molar-refractivity contribution in [3.8, 4) is 0 Å². The van der Waals surface area contributed by atoms with Gasteiger partial charge in [-0.2, -0.15) is 0 Å². The Hall–Kier alpha value is -2.13. The molecule has 0 heterocycles. The van der Waals surface area contributed by atoms with Gasteiger partial charge in [0.2, 0.25) is 0 Å². The van der Waals surface area contributed by atoms with Crippen molar-refractivity contribution in [2.75, 3.05) is 0 Å². The molecule has 2 aromatic rings. The van der Waals surface area contributed by atoms with Gasteiger partial charge < -0.3 is 5.21 Å². The van der Waals surface area contributed by atoms with E-state index >= 15 is 0 Å². The smallest absolute Gasteiger partial charge is 0.0586 e. The lowest BCUT2D eigenvalue weighted by Gasteiger charge is -2.34. The molecule has 1 fully saturated rings. The lowest BCUT2D eigenvalue weighted by Crippen LogP contribution is -2.38. The van der Waals surface area contributed by atoms with Crippen molar-refractivity contribution < 1.29 is 5.21 Å².